The predicted molar refractivity (Wildman–Crippen MR) is 73.3 cm³/mol. The third-order valence-corrected chi connectivity index (χ3v) is 4.71. The van der Waals surface area contributed by atoms with E-state index >= 15 is 0 Å². The minimum atomic E-state index is -4.93. The molecular weight excluding hydrogens is 376 g/mol. The van der Waals surface area contributed by atoms with Gasteiger partial charge in [0.2, 0.25) is 0 Å². The molecule has 0 amide bonds. The molecule has 0 spiro atoms. The second kappa shape index (κ2) is 7.48. The van der Waals surface area contributed by atoms with Gasteiger partial charge in [-0.15, -0.1) is 0 Å². The van der Waals surface area contributed by atoms with Gasteiger partial charge in [-0.1, -0.05) is 0 Å². The summed E-state index contributed by atoms with van der Waals surface area (Å²) in [5.74, 6) is 0.428. The molecule has 1 aromatic rings. The van der Waals surface area contributed by atoms with Crippen molar-refractivity contribution in [2.45, 2.75) is 23.8 Å². The topological polar surface area (TPSA) is 44.5 Å². The molecule has 1 rings (SSSR count). The monoisotopic (exact) mass is 393 g/mol. The van der Waals surface area contributed by atoms with E-state index < -0.39 is 32.4 Å². The standard InChI is InChI=1S/C13H16F5NO2Se/c1-20-9-6-11(10(21-2)5-8(9)3-4-19)22-13(17,18)7-12(14,15)16/h5-6H,3-4,7,19H2,1-2H3. The third kappa shape index (κ3) is 5.62. The summed E-state index contributed by atoms with van der Waals surface area (Å²) in [6.45, 7) is 0.314. The number of methoxy groups -OCH3 is 2. The van der Waals surface area contributed by atoms with E-state index in [1.54, 1.807) is 0 Å². The molecule has 0 aliphatic carbocycles. The number of rotatable bonds is 7. The van der Waals surface area contributed by atoms with E-state index in [9.17, 15) is 22.0 Å². The SMILES string of the molecule is COc1cc([Se]C(F)(F)CC(F)(F)F)c(OC)cc1CCN. The van der Waals surface area contributed by atoms with Crippen LogP contribution in [0.15, 0.2) is 12.1 Å². The maximum atomic E-state index is 13.6. The average molecular weight is 392 g/mol. The number of alkyl halides is 5. The molecule has 2 N–H and O–H groups in total. The first-order valence-corrected chi connectivity index (χ1v) is 7.91. The van der Waals surface area contributed by atoms with Crippen LogP contribution in [-0.2, 0) is 6.42 Å². The van der Waals surface area contributed by atoms with Crippen LogP contribution in [-0.4, -0.2) is 46.7 Å². The third-order valence-electron chi connectivity index (χ3n) is 2.65. The zero-order valence-corrected chi connectivity index (χ0v) is 13.7. The van der Waals surface area contributed by atoms with Crippen LogP contribution in [0.25, 0.3) is 0 Å². The van der Waals surface area contributed by atoms with Crippen molar-refractivity contribution in [2.75, 3.05) is 20.8 Å². The molecule has 0 aromatic heterocycles. The van der Waals surface area contributed by atoms with Gasteiger partial charge in [-0.2, -0.15) is 0 Å². The molecule has 1 aromatic carbocycles. The quantitative estimate of drug-likeness (QED) is 0.571. The number of benzene rings is 1. The van der Waals surface area contributed by atoms with Gasteiger partial charge in [-0.05, 0) is 0 Å². The fourth-order valence-corrected chi connectivity index (χ4v) is 3.82. The molecule has 0 saturated carbocycles. The number of hydrogen-bond acceptors (Lipinski definition) is 3. The van der Waals surface area contributed by atoms with E-state index in [0.717, 1.165) is 0 Å². The molecule has 0 fully saturated rings. The number of ether oxygens (including phenoxy) is 2. The zero-order chi connectivity index (χ0) is 17.0. The van der Waals surface area contributed by atoms with Crippen molar-refractivity contribution in [1.82, 2.24) is 0 Å². The fourth-order valence-electron chi connectivity index (χ4n) is 1.79. The summed E-state index contributed by atoms with van der Waals surface area (Å²) in [5.41, 5.74) is 6.10. The molecule has 9 heteroatoms. The molecule has 0 unspecified atom stereocenters. The number of nitrogens with two attached hydrogens (primary N) is 1. The van der Waals surface area contributed by atoms with Crippen LogP contribution in [0.4, 0.5) is 22.0 Å². The van der Waals surface area contributed by atoms with Gasteiger partial charge in [-0.25, -0.2) is 0 Å². The molecular formula is C13H16F5NO2Se. The van der Waals surface area contributed by atoms with E-state index in [4.69, 9.17) is 15.2 Å². The Labute approximate surface area is 131 Å². The van der Waals surface area contributed by atoms with Crippen LogP contribution < -0.4 is 19.7 Å². The Bertz CT molecular complexity index is 508. The summed E-state index contributed by atoms with van der Waals surface area (Å²) in [7, 11) is 2.63. The van der Waals surface area contributed by atoms with Gasteiger partial charge in [0.25, 0.3) is 0 Å². The van der Waals surface area contributed by atoms with Crippen molar-refractivity contribution < 1.29 is 31.4 Å². The predicted octanol–water partition coefficient (Wildman–Crippen LogP) is 2.08. The summed E-state index contributed by atoms with van der Waals surface area (Å²) in [5, 5.41) is 0. The van der Waals surface area contributed by atoms with Gasteiger partial charge in [0, 0.05) is 0 Å². The van der Waals surface area contributed by atoms with Crippen LogP contribution in [0.1, 0.15) is 12.0 Å². The van der Waals surface area contributed by atoms with Crippen molar-refractivity contribution in [2.24, 2.45) is 5.73 Å². The Kier molecular flexibility index (Phi) is 6.46. The first-order chi connectivity index (χ1) is 10.1. The summed E-state index contributed by atoms with van der Waals surface area (Å²) >= 11 is -1.75. The van der Waals surface area contributed by atoms with Crippen molar-refractivity contribution >= 4 is 19.4 Å². The van der Waals surface area contributed by atoms with Crippen molar-refractivity contribution in [3.8, 4) is 11.5 Å². The van der Waals surface area contributed by atoms with Crippen molar-refractivity contribution in [1.29, 1.82) is 0 Å². The Morgan fingerprint density at radius 2 is 1.64 bits per heavy atom. The summed E-state index contributed by atoms with van der Waals surface area (Å²) in [4.78, 5) is -3.86. The molecule has 0 bridgehead atoms. The summed E-state index contributed by atoms with van der Waals surface area (Å²) in [6, 6.07) is 2.78. The van der Waals surface area contributed by atoms with Crippen LogP contribution in [0.2, 0.25) is 0 Å². The number of hydrogen-bond donors (Lipinski definition) is 1. The molecule has 0 saturated heterocycles. The normalized spacial score (nSPS) is 12.4. The second-order valence-corrected chi connectivity index (χ2v) is 6.99. The first kappa shape index (κ1) is 19.0. The molecule has 22 heavy (non-hydrogen) atoms. The van der Waals surface area contributed by atoms with Gasteiger partial charge in [-0.3, -0.25) is 0 Å². The van der Waals surface area contributed by atoms with Crippen LogP contribution in [0.5, 0.6) is 11.5 Å². The Morgan fingerprint density at radius 1 is 1.05 bits per heavy atom. The van der Waals surface area contributed by atoms with Gasteiger partial charge in [0.1, 0.15) is 0 Å². The van der Waals surface area contributed by atoms with Crippen LogP contribution in [0, 0.1) is 0 Å². The molecule has 126 valence electrons. The molecule has 0 aliphatic rings. The van der Waals surface area contributed by atoms with E-state index in [1.807, 2.05) is 0 Å². The van der Waals surface area contributed by atoms with E-state index in [2.05, 4.69) is 0 Å². The molecule has 0 radical (unpaired) electrons. The average Bonchev–Trinajstić information content (AvgIpc) is 2.36. The first-order valence-electron chi connectivity index (χ1n) is 6.20. The van der Waals surface area contributed by atoms with Crippen molar-refractivity contribution in [3.05, 3.63) is 17.7 Å². The van der Waals surface area contributed by atoms with Crippen LogP contribution >= 0.6 is 0 Å². The van der Waals surface area contributed by atoms with Crippen molar-refractivity contribution in [3.63, 3.8) is 0 Å². The molecule has 0 atom stereocenters. The second-order valence-electron chi connectivity index (χ2n) is 4.38. The maximum absolute atomic E-state index is 13.6. The Morgan fingerprint density at radius 3 is 2.09 bits per heavy atom. The van der Waals surface area contributed by atoms with E-state index in [0.29, 0.717) is 24.3 Å². The van der Waals surface area contributed by atoms with Gasteiger partial charge in [0.15, 0.2) is 0 Å². The van der Waals surface area contributed by atoms with E-state index in [-0.39, 0.29) is 10.2 Å². The zero-order valence-electron chi connectivity index (χ0n) is 12.0. The van der Waals surface area contributed by atoms with Crippen LogP contribution in [0.3, 0.4) is 0 Å². The number of halogens is 5. The fraction of sp³-hybridized carbons (Fsp3) is 0.538. The summed E-state index contributed by atoms with van der Waals surface area (Å²) in [6.07, 6.45) is -6.65. The minimum absolute atomic E-state index is 0.0156. The molecule has 0 aliphatic heterocycles. The van der Waals surface area contributed by atoms with Gasteiger partial charge < -0.3 is 0 Å². The molecule has 0 heterocycles. The van der Waals surface area contributed by atoms with Gasteiger partial charge >= 0.3 is 130 Å². The van der Waals surface area contributed by atoms with E-state index in [1.165, 1.54) is 26.4 Å². The Hall–Kier alpha value is -1.05. The Balaban J connectivity index is 3.12. The molecule has 3 nitrogen and oxygen atoms in total. The summed E-state index contributed by atoms with van der Waals surface area (Å²) < 4.78 is 73.9. The van der Waals surface area contributed by atoms with Gasteiger partial charge in [0.05, 0.1) is 0 Å².